The minimum absolute atomic E-state index is 0.0183. The van der Waals surface area contributed by atoms with Gasteiger partial charge in [-0.15, -0.1) is 0 Å². The number of ketones is 1. The molecule has 0 aliphatic carbocycles. The maximum Gasteiger partial charge on any atom is 0.264 e. The minimum atomic E-state index is -4.25. The average Bonchev–Trinajstić information content (AvgIpc) is 3.03. The van der Waals surface area contributed by atoms with E-state index in [0.717, 1.165) is 29.5 Å². The second-order valence-electron chi connectivity index (χ2n) is 10.7. The smallest absolute Gasteiger partial charge is 0.264 e. The molecule has 10 heteroatoms. The SMILES string of the molecule is CCCCC(=O)Nc1ccc(-c2ccc(C(=O)CC(CCc3ccccc3)C(=O)NS(=O)(=O)c3ccc(Cl)c(Cl)c3)cc2)cc1. The largest absolute Gasteiger partial charge is 0.326 e. The van der Waals surface area contributed by atoms with E-state index in [1.165, 1.54) is 18.2 Å². The van der Waals surface area contributed by atoms with Crippen molar-refractivity contribution in [2.45, 2.75) is 50.3 Å². The standard InChI is InChI=1S/C35H34Cl2N2O5S/c1-2-3-9-34(41)38-29-18-16-26(17-19-29)25-12-14-27(15-13-25)33(40)22-28(11-10-24-7-5-4-6-8-24)35(42)39-45(43,44)30-20-21-31(36)32(37)23-30/h4-8,12-21,23,28H,2-3,9-11,22H2,1H3,(H,38,41)(H,39,42). The summed E-state index contributed by atoms with van der Waals surface area (Å²) >= 11 is 11.9. The number of unbranched alkanes of at least 4 members (excludes halogenated alkanes) is 1. The van der Waals surface area contributed by atoms with Crippen molar-refractivity contribution >= 4 is 56.5 Å². The lowest BCUT2D eigenvalue weighted by Gasteiger charge is -2.17. The van der Waals surface area contributed by atoms with Crippen LogP contribution in [0.5, 0.6) is 0 Å². The monoisotopic (exact) mass is 664 g/mol. The van der Waals surface area contributed by atoms with Crippen molar-refractivity contribution < 1.29 is 22.8 Å². The Kier molecular flexibility index (Phi) is 11.9. The van der Waals surface area contributed by atoms with Crippen LogP contribution in [0.25, 0.3) is 11.1 Å². The molecule has 0 heterocycles. The minimum Gasteiger partial charge on any atom is -0.326 e. The quantitative estimate of drug-likeness (QED) is 0.132. The summed E-state index contributed by atoms with van der Waals surface area (Å²) in [6, 6.07) is 27.7. The van der Waals surface area contributed by atoms with Gasteiger partial charge in [-0.25, -0.2) is 13.1 Å². The Bertz CT molecular complexity index is 1740. The first-order valence-corrected chi connectivity index (χ1v) is 16.9. The summed E-state index contributed by atoms with van der Waals surface area (Å²) in [5, 5.41) is 3.11. The zero-order valence-corrected chi connectivity index (χ0v) is 27.1. The Morgan fingerprint density at radius 3 is 2.07 bits per heavy atom. The molecule has 0 saturated carbocycles. The molecule has 1 unspecified atom stereocenters. The molecule has 0 fully saturated rings. The fourth-order valence-corrected chi connectivity index (χ4v) is 6.16. The third-order valence-corrected chi connectivity index (χ3v) is 9.41. The van der Waals surface area contributed by atoms with E-state index >= 15 is 0 Å². The summed E-state index contributed by atoms with van der Waals surface area (Å²) in [4.78, 5) is 38.5. The molecule has 234 valence electrons. The molecule has 0 aliphatic heterocycles. The number of carbonyl (C=O) groups excluding carboxylic acids is 3. The van der Waals surface area contributed by atoms with E-state index in [1.807, 2.05) is 73.7 Å². The van der Waals surface area contributed by atoms with Gasteiger partial charge in [0.05, 0.1) is 14.9 Å². The van der Waals surface area contributed by atoms with Gasteiger partial charge in [0.15, 0.2) is 5.78 Å². The van der Waals surface area contributed by atoms with Crippen molar-refractivity contribution in [3.05, 3.63) is 118 Å². The number of benzene rings is 4. The summed E-state index contributed by atoms with van der Waals surface area (Å²) < 4.78 is 28.1. The molecule has 4 aromatic carbocycles. The molecule has 0 bridgehead atoms. The van der Waals surface area contributed by atoms with Crippen LogP contribution < -0.4 is 10.0 Å². The van der Waals surface area contributed by atoms with Gasteiger partial charge in [-0.2, -0.15) is 0 Å². The van der Waals surface area contributed by atoms with Crippen LogP contribution in [0.2, 0.25) is 10.0 Å². The van der Waals surface area contributed by atoms with E-state index < -0.39 is 21.8 Å². The summed E-state index contributed by atoms with van der Waals surface area (Å²) in [5.41, 5.74) is 3.87. The van der Waals surface area contributed by atoms with E-state index in [0.29, 0.717) is 24.1 Å². The number of rotatable bonds is 14. The third kappa shape index (κ3) is 9.75. The van der Waals surface area contributed by atoms with Crippen molar-refractivity contribution in [1.82, 2.24) is 4.72 Å². The highest BCUT2D eigenvalue weighted by Crippen LogP contribution is 2.26. The molecule has 0 radical (unpaired) electrons. The summed E-state index contributed by atoms with van der Waals surface area (Å²) in [6.07, 6.45) is 2.83. The van der Waals surface area contributed by atoms with Crippen molar-refractivity contribution in [1.29, 1.82) is 0 Å². The average molecular weight is 666 g/mol. The van der Waals surface area contributed by atoms with Crippen molar-refractivity contribution in [3.63, 3.8) is 0 Å². The van der Waals surface area contributed by atoms with Crippen LogP contribution >= 0.6 is 23.2 Å². The maximum atomic E-state index is 13.4. The Morgan fingerprint density at radius 2 is 1.44 bits per heavy atom. The Balaban J connectivity index is 1.46. The summed E-state index contributed by atoms with van der Waals surface area (Å²) in [7, 11) is -4.25. The Labute approximate surface area is 274 Å². The highest BCUT2D eigenvalue weighted by molar-refractivity contribution is 7.90. The fraction of sp³-hybridized carbons (Fsp3) is 0.229. The number of aryl methyl sites for hydroxylation is 1. The summed E-state index contributed by atoms with van der Waals surface area (Å²) in [6.45, 7) is 2.04. The molecule has 4 rings (SSSR count). The molecule has 0 saturated heterocycles. The van der Waals surface area contributed by atoms with E-state index in [9.17, 15) is 22.8 Å². The molecule has 2 amide bonds. The van der Waals surface area contributed by atoms with Gasteiger partial charge in [0.2, 0.25) is 11.8 Å². The molecule has 0 aromatic heterocycles. The molecule has 1 atom stereocenters. The number of sulfonamides is 1. The zero-order chi connectivity index (χ0) is 32.4. The lowest BCUT2D eigenvalue weighted by molar-refractivity contribution is -0.123. The normalized spacial score (nSPS) is 11.9. The van der Waals surface area contributed by atoms with Crippen LogP contribution in [0.3, 0.4) is 0 Å². The van der Waals surface area contributed by atoms with Gasteiger partial charge in [-0.3, -0.25) is 14.4 Å². The maximum absolute atomic E-state index is 13.4. The second-order valence-corrected chi connectivity index (χ2v) is 13.2. The topological polar surface area (TPSA) is 109 Å². The van der Waals surface area contributed by atoms with E-state index in [1.54, 1.807) is 12.1 Å². The molecule has 45 heavy (non-hydrogen) atoms. The highest BCUT2D eigenvalue weighted by atomic mass is 35.5. The van der Waals surface area contributed by atoms with Gasteiger partial charge >= 0.3 is 0 Å². The fourth-order valence-electron chi connectivity index (χ4n) is 4.73. The highest BCUT2D eigenvalue weighted by Gasteiger charge is 2.27. The molecular formula is C35H34Cl2N2O5S. The van der Waals surface area contributed by atoms with Crippen LogP contribution in [-0.2, 0) is 26.0 Å². The Morgan fingerprint density at radius 1 is 0.800 bits per heavy atom. The van der Waals surface area contributed by atoms with Crippen molar-refractivity contribution in [2.24, 2.45) is 5.92 Å². The number of halogens is 2. The third-order valence-electron chi connectivity index (χ3n) is 7.33. The van der Waals surface area contributed by atoms with Gasteiger partial charge in [0.1, 0.15) is 0 Å². The van der Waals surface area contributed by atoms with Crippen LogP contribution in [0.1, 0.15) is 54.9 Å². The molecular weight excluding hydrogens is 631 g/mol. The number of nitrogens with one attached hydrogen (secondary N) is 2. The van der Waals surface area contributed by atoms with E-state index in [4.69, 9.17) is 23.2 Å². The predicted octanol–water partition coefficient (Wildman–Crippen LogP) is 8.12. The predicted molar refractivity (Wildman–Crippen MR) is 179 cm³/mol. The van der Waals surface area contributed by atoms with Crippen molar-refractivity contribution in [2.75, 3.05) is 5.32 Å². The number of carbonyl (C=O) groups is 3. The van der Waals surface area contributed by atoms with Gasteiger partial charge in [-0.1, -0.05) is 103 Å². The van der Waals surface area contributed by atoms with Gasteiger partial charge in [0.25, 0.3) is 10.0 Å². The molecule has 4 aromatic rings. The molecule has 7 nitrogen and oxygen atoms in total. The molecule has 0 spiro atoms. The van der Waals surface area contributed by atoms with Crippen LogP contribution in [0.15, 0.2) is 102 Å². The van der Waals surface area contributed by atoms with E-state index in [2.05, 4.69) is 10.0 Å². The Hall–Kier alpha value is -3.98. The number of Topliss-reactive ketones (excluding diaryl/α,β-unsaturated/α-hetero) is 1. The van der Waals surface area contributed by atoms with Crippen LogP contribution in [0.4, 0.5) is 5.69 Å². The lowest BCUT2D eigenvalue weighted by Crippen LogP contribution is -2.37. The first kappa shape index (κ1) is 33.9. The zero-order valence-electron chi connectivity index (χ0n) is 24.8. The molecule has 2 N–H and O–H groups in total. The molecule has 0 aliphatic rings. The van der Waals surface area contributed by atoms with Gasteiger partial charge < -0.3 is 5.32 Å². The van der Waals surface area contributed by atoms with Gasteiger partial charge in [-0.05, 0) is 66.3 Å². The first-order valence-electron chi connectivity index (χ1n) is 14.6. The number of hydrogen-bond acceptors (Lipinski definition) is 5. The van der Waals surface area contributed by atoms with Crippen LogP contribution in [0, 0.1) is 5.92 Å². The second kappa shape index (κ2) is 15.8. The number of hydrogen-bond donors (Lipinski definition) is 2. The lowest BCUT2D eigenvalue weighted by atomic mass is 9.91. The number of anilines is 1. The van der Waals surface area contributed by atoms with Crippen molar-refractivity contribution in [3.8, 4) is 11.1 Å². The first-order chi connectivity index (χ1) is 21.6. The number of amides is 2. The van der Waals surface area contributed by atoms with E-state index in [-0.39, 0.29) is 39.5 Å². The summed E-state index contributed by atoms with van der Waals surface area (Å²) in [5.74, 6) is -1.99. The van der Waals surface area contributed by atoms with Crippen LogP contribution in [-0.4, -0.2) is 26.0 Å². The van der Waals surface area contributed by atoms with Gasteiger partial charge in [0, 0.05) is 30.0 Å².